The van der Waals surface area contributed by atoms with E-state index in [4.69, 9.17) is 0 Å². The first kappa shape index (κ1) is 11.9. The fraction of sp³-hybridized carbons (Fsp3) is 0.625. The van der Waals surface area contributed by atoms with Gasteiger partial charge in [-0.3, -0.25) is 9.59 Å². The first-order chi connectivity index (χ1) is 8.20. The van der Waals surface area contributed by atoms with Gasteiger partial charge < -0.3 is 0 Å². The zero-order valence-corrected chi connectivity index (χ0v) is 12.0. The summed E-state index contributed by atoms with van der Waals surface area (Å²) in [7, 11) is 0. The van der Waals surface area contributed by atoms with Crippen LogP contribution in [0.5, 0.6) is 0 Å². The molecule has 2 nitrogen and oxygen atoms in total. The normalized spacial score (nSPS) is 46.6. The van der Waals surface area contributed by atoms with Crippen molar-refractivity contribution in [3.8, 4) is 0 Å². The van der Waals surface area contributed by atoms with Crippen LogP contribution in [0.1, 0.15) is 41.5 Å². The molecule has 3 rings (SSSR count). The van der Waals surface area contributed by atoms with Gasteiger partial charge in [0.25, 0.3) is 0 Å². The highest BCUT2D eigenvalue weighted by molar-refractivity contribution is 6.12. The van der Waals surface area contributed by atoms with Gasteiger partial charge in [0.2, 0.25) is 0 Å². The maximum atomic E-state index is 12.7. The molecule has 2 bridgehead atoms. The van der Waals surface area contributed by atoms with Crippen molar-refractivity contribution in [1.29, 1.82) is 0 Å². The number of carbonyl (C=O) groups excluding carboxylic acids is 2. The fourth-order valence-electron chi connectivity index (χ4n) is 4.93. The van der Waals surface area contributed by atoms with Crippen LogP contribution in [0, 0.1) is 22.7 Å². The van der Waals surface area contributed by atoms with Crippen molar-refractivity contribution < 1.29 is 9.59 Å². The van der Waals surface area contributed by atoms with Gasteiger partial charge in [0.15, 0.2) is 11.6 Å². The maximum Gasteiger partial charge on any atom is 0.163 e. The van der Waals surface area contributed by atoms with Crippen molar-refractivity contribution in [1.82, 2.24) is 0 Å². The second-order valence-corrected chi connectivity index (χ2v) is 6.64. The lowest BCUT2D eigenvalue weighted by Crippen LogP contribution is -2.39. The third kappa shape index (κ3) is 0.818. The van der Waals surface area contributed by atoms with E-state index in [1.165, 1.54) is 5.57 Å². The summed E-state index contributed by atoms with van der Waals surface area (Å²) in [5.41, 5.74) is 3.52. The van der Waals surface area contributed by atoms with E-state index in [2.05, 4.69) is 13.8 Å². The zero-order chi connectivity index (χ0) is 13.6. The van der Waals surface area contributed by atoms with Gasteiger partial charge in [-0.25, -0.2) is 0 Å². The van der Waals surface area contributed by atoms with E-state index in [1.54, 1.807) is 0 Å². The fourth-order valence-corrected chi connectivity index (χ4v) is 4.93. The minimum Gasteiger partial charge on any atom is -0.298 e. The third-order valence-corrected chi connectivity index (χ3v) is 6.36. The molecule has 96 valence electrons. The molecular formula is C16H20O2. The Balaban J connectivity index is 2.36. The SMILES string of the molecule is CC1=C(C)[C@@]2(C)[C@@H]3C(=O)[C@@](C)(C(C)=C3C)[C@H]2C1=O. The molecule has 18 heavy (non-hydrogen) atoms. The Morgan fingerprint density at radius 3 is 2.06 bits per heavy atom. The second kappa shape index (κ2) is 2.87. The highest BCUT2D eigenvalue weighted by atomic mass is 16.1. The van der Waals surface area contributed by atoms with Crippen LogP contribution in [0.15, 0.2) is 22.3 Å². The summed E-state index contributed by atoms with van der Waals surface area (Å²) in [4.78, 5) is 25.3. The zero-order valence-electron chi connectivity index (χ0n) is 12.0. The Hall–Kier alpha value is -1.18. The van der Waals surface area contributed by atoms with Crippen LogP contribution in [0.3, 0.4) is 0 Å². The van der Waals surface area contributed by atoms with Crippen LogP contribution < -0.4 is 0 Å². The number of rotatable bonds is 0. The van der Waals surface area contributed by atoms with Gasteiger partial charge in [-0.05, 0) is 40.2 Å². The standard InChI is InChI=1S/C16H20O2/c1-7-9(3)16(6)13-12(17)8(2)10(4)15(13,5)11(7)14(16)18/h11,13H,1-6H3/t11-,13-,15-,16-/m0/s1. The molecule has 3 aliphatic carbocycles. The summed E-state index contributed by atoms with van der Waals surface area (Å²) >= 11 is 0. The van der Waals surface area contributed by atoms with Gasteiger partial charge >= 0.3 is 0 Å². The van der Waals surface area contributed by atoms with E-state index in [9.17, 15) is 9.59 Å². The Morgan fingerprint density at radius 1 is 0.944 bits per heavy atom. The van der Waals surface area contributed by atoms with Crippen molar-refractivity contribution in [2.75, 3.05) is 0 Å². The highest BCUT2D eigenvalue weighted by Crippen LogP contribution is 2.71. The molecule has 0 aromatic rings. The number of hydrogen-bond acceptors (Lipinski definition) is 2. The number of fused-ring (bicyclic) bond motifs is 5. The summed E-state index contributed by atoms with van der Waals surface area (Å²) in [6.07, 6.45) is 0. The number of ketones is 2. The molecule has 0 unspecified atom stereocenters. The number of carbonyl (C=O) groups is 2. The van der Waals surface area contributed by atoms with Crippen LogP contribution in [0.25, 0.3) is 0 Å². The molecule has 0 spiro atoms. The minimum atomic E-state index is -0.556. The van der Waals surface area contributed by atoms with E-state index >= 15 is 0 Å². The Kier molecular flexibility index (Phi) is 1.89. The quantitative estimate of drug-likeness (QED) is 0.614. The average molecular weight is 244 g/mol. The molecule has 1 saturated carbocycles. The minimum absolute atomic E-state index is 0.0751. The van der Waals surface area contributed by atoms with E-state index < -0.39 is 5.41 Å². The van der Waals surface area contributed by atoms with Gasteiger partial charge in [0.05, 0.1) is 5.41 Å². The summed E-state index contributed by atoms with van der Waals surface area (Å²) in [6.45, 7) is 12.1. The van der Waals surface area contributed by atoms with E-state index in [1.807, 2.05) is 27.7 Å². The topological polar surface area (TPSA) is 34.1 Å². The highest BCUT2D eigenvalue weighted by Gasteiger charge is 2.73. The number of allylic oxidation sites excluding steroid dienone is 4. The van der Waals surface area contributed by atoms with Crippen molar-refractivity contribution in [3.05, 3.63) is 22.3 Å². The average Bonchev–Trinajstić information content (AvgIpc) is 2.68. The molecule has 0 aromatic carbocycles. The smallest absolute Gasteiger partial charge is 0.163 e. The molecule has 3 aliphatic rings. The molecule has 1 fully saturated rings. The maximum absolute atomic E-state index is 12.7. The molecule has 0 N–H and O–H groups in total. The largest absolute Gasteiger partial charge is 0.298 e. The lowest BCUT2D eigenvalue weighted by atomic mass is 9.61. The summed E-state index contributed by atoms with van der Waals surface area (Å²) in [6, 6.07) is 0. The third-order valence-electron chi connectivity index (χ3n) is 6.36. The monoisotopic (exact) mass is 244 g/mol. The van der Waals surface area contributed by atoms with E-state index in [0.717, 1.165) is 16.7 Å². The van der Waals surface area contributed by atoms with Crippen LogP contribution in [-0.2, 0) is 9.59 Å². The van der Waals surface area contributed by atoms with Gasteiger partial charge in [-0.1, -0.05) is 23.6 Å². The molecule has 2 heteroatoms. The molecule has 0 heterocycles. The van der Waals surface area contributed by atoms with Crippen molar-refractivity contribution >= 4 is 11.6 Å². The van der Waals surface area contributed by atoms with Crippen LogP contribution in [-0.4, -0.2) is 11.6 Å². The predicted molar refractivity (Wildman–Crippen MR) is 70.0 cm³/mol. The first-order valence-electron chi connectivity index (χ1n) is 6.64. The first-order valence-corrected chi connectivity index (χ1v) is 6.64. The van der Waals surface area contributed by atoms with E-state index in [-0.39, 0.29) is 28.8 Å². The molecule has 0 aromatic heterocycles. The lowest BCUT2D eigenvalue weighted by molar-refractivity contribution is -0.129. The summed E-state index contributed by atoms with van der Waals surface area (Å²) < 4.78 is 0. The lowest BCUT2D eigenvalue weighted by Gasteiger charge is -2.40. The van der Waals surface area contributed by atoms with Crippen LogP contribution >= 0.6 is 0 Å². The van der Waals surface area contributed by atoms with Gasteiger partial charge in [0, 0.05) is 17.3 Å². The van der Waals surface area contributed by atoms with Crippen molar-refractivity contribution in [2.24, 2.45) is 22.7 Å². The molecular weight excluding hydrogens is 224 g/mol. The van der Waals surface area contributed by atoms with Gasteiger partial charge in [0.1, 0.15) is 0 Å². The summed E-state index contributed by atoms with van der Waals surface area (Å²) in [5.74, 6) is 0.227. The van der Waals surface area contributed by atoms with Gasteiger partial charge in [-0.2, -0.15) is 0 Å². The van der Waals surface area contributed by atoms with Crippen molar-refractivity contribution in [2.45, 2.75) is 41.5 Å². The molecule has 0 saturated heterocycles. The number of hydrogen-bond donors (Lipinski definition) is 0. The molecule has 4 atom stereocenters. The van der Waals surface area contributed by atoms with Crippen LogP contribution in [0.4, 0.5) is 0 Å². The Bertz CT molecular complexity index is 578. The van der Waals surface area contributed by atoms with Crippen molar-refractivity contribution in [3.63, 3.8) is 0 Å². The number of Topliss-reactive ketones (excluding diaryl/α,β-unsaturated/α-hetero) is 2. The van der Waals surface area contributed by atoms with Crippen LogP contribution in [0.2, 0.25) is 0 Å². The van der Waals surface area contributed by atoms with E-state index in [0.29, 0.717) is 0 Å². The Labute approximate surface area is 108 Å². The molecule has 0 amide bonds. The van der Waals surface area contributed by atoms with Gasteiger partial charge in [-0.15, -0.1) is 0 Å². The molecule has 0 radical (unpaired) electrons. The predicted octanol–water partition coefficient (Wildman–Crippen LogP) is 3.08. The second-order valence-electron chi connectivity index (χ2n) is 6.64. The Morgan fingerprint density at radius 2 is 1.50 bits per heavy atom. The summed E-state index contributed by atoms with van der Waals surface area (Å²) in [5, 5.41) is 0. The molecule has 0 aliphatic heterocycles.